The van der Waals surface area contributed by atoms with Crippen molar-refractivity contribution in [2.75, 3.05) is 29.0 Å². The van der Waals surface area contributed by atoms with Gasteiger partial charge in [0.15, 0.2) is 11.6 Å². The van der Waals surface area contributed by atoms with Crippen LogP contribution in [0.3, 0.4) is 0 Å². The van der Waals surface area contributed by atoms with Crippen molar-refractivity contribution in [3.05, 3.63) is 60.8 Å². The van der Waals surface area contributed by atoms with Crippen LogP contribution in [0.1, 0.15) is 0 Å². The molecule has 0 spiro atoms. The molecule has 31 heavy (non-hydrogen) atoms. The minimum atomic E-state index is -4.86. The van der Waals surface area contributed by atoms with Crippen LogP contribution in [0.25, 0.3) is 0 Å². The number of amides is 2. The maximum atomic E-state index is 12.4. The Labute approximate surface area is 175 Å². The number of pyridine rings is 1. The maximum Gasteiger partial charge on any atom is 0.573 e. The standard InChI is InChI=1S/C19H18F3N7O2/c20-19(21,22)31-14-6-2-1-5-13(14)26-18(30)25-12-11-24-16-8-9-17(29-28-16)27-15-7-3-4-10-23-15/h1-10H,11-12H2,(H,24,28)(H,23,27,29)(H2,25,26,30). The van der Waals surface area contributed by atoms with Crippen molar-refractivity contribution in [3.8, 4) is 5.75 Å². The number of benzene rings is 1. The van der Waals surface area contributed by atoms with Gasteiger partial charge in [0.1, 0.15) is 11.6 Å². The van der Waals surface area contributed by atoms with Crippen molar-refractivity contribution < 1.29 is 22.7 Å². The van der Waals surface area contributed by atoms with Gasteiger partial charge < -0.3 is 26.0 Å². The Morgan fingerprint density at radius 3 is 2.35 bits per heavy atom. The zero-order valence-corrected chi connectivity index (χ0v) is 16.0. The summed E-state index contributed by atoms with van der Waals surface area (Å²) in [4.78, 5) is 16.1. The Morgan fingerprint density at radius 1 is 0.903 bits per heavy atom. The van der Waals surface area contributed by atoms with E-state index in [-0.39, 0.29) is 12.2 Å². The van der Waals surface area contributed by atoms with Crippen LogP contribution in [0.2, 0.25) is 0 Å². The number of carbonyl (C=O) groups excluding carboxylic acids is 1. The molecule has 0 bridgehead atoms. The third-order valence-electron chi connectivity index (χ3n) is 3.66. The Kier molecular flexibility index (Phi) is 7.04. The lowest BCUT2D eigenvalue weighted by molar-refractivity contribution is -0.274. The Hall–Kier alpha value is -4.09. The van der Waals surface area contributed by atoms with E-state index in [0.717, 1.165) is 6.07 Å². The van der Waals surface area contributed by atoms with Gasteiger partial charge in [-0.25, -0.2) is 9.78 Å². The number of ether oxygens (including phenoxy) is 1. The molecule has 0 unspecified atom stereocenters. The number of urea groups is 1. The van der Waals surface area contributed by atoms with E-state index in [0.29, 0.717) is 24.0 Å². The first-order valence-electron chi connectivity index (χ1n) is 9.04. The summed E-state index contributed by atoms with van der Waals surface area (Å²) in [6, 6.07) is 13.4. The summed E-state index contributed by atoms with van der Waals surface area (Å²) >= 11 is 0. The molecule has 0 aliphatic heterocycles. The molecule has 12 heteroatoms. The van der Waals surface area contributed by atoms with Gasteiger partial charge in [0.05, 0.1) is 5.69 Å². The fraction of sp³-hybridized carbons (Fsp3) is 0.158. The van der Waals surface area contributed by atoms with Gasteiger partial charge in [0.25, 0.3) is 0 Å². The second kappa shape index (κ2) is 10.1. The minimum absolute atomic E-state index is 0.104. The Balaban J connectivity index is 1.41. The van der Waals surface area contributed by atoms with E-state index >= 15 is 0 Å². The number of nitrogens with one attached hydrogen (secondary N) is 4. The molecule has 0 radical (unpaired) electrons. The highest BCUT2D eigenvalue weighted by Crippen LogP contribution is 2.29. The molecular weight excluding hydrogens is 415 g/mol. The molecule has 0 atom stereocenters. The first kappa shape index (κ1) is 21.6. The zero-order valence-electron chi connectivity index (χ0n) is 16.0. The molecular formula is C19H18F3N7O2. The number of para-hydroxylation sites is 2. The van der Waals surface area contributed by atoms with Crippen LogP contribution in [0.15, 0.2) is 60.8 Å². The molecule has 3 aromatic rings. The van der Waals surface area contributed by atoms with Crippen LogP contribution >= 0.6 is 0 Å². The van der Waals surface area contributed by atoms with Crippen LogP contribution in [0.4, 0.5) is 41.1 Å². The maximum absolute atomic E-state index is 12.4. The van der Waals surface area contributed by atoms with E-state index in [1.165, 1.54) is 18.2 Å². The van der Waals surface area contributed by atoms with Crippen molar-refractivity contribution in [3.63, 3.8) is 0 Å². The van der Waals surface area contributed by atoms with Crippen LogP contribution < -0.4 is 26.0 Å². The highest BCUT2D eigenvalue weighted by Gasteiger charge is 2.32. The van der Waals surface area contributed by atoms with Gasteiger partial charge in [0.2, 0.25) is 0 Å². The second-order valence-electron chi connectivity index (χ2n) is 6.00. The molecule has 3 rings (SSSR count). The molecule has 2 heterocycles. The van der Waals surface area contributed by atoms with Gasteiger partial charge in [0, 0.05) is 19.3 Å². The third-order valence-corrected chi connectivity index (χ3v) is 3.66. The summed E-state index contributed by atoms with van der Waals surface area (Å²) in [5, 5.41) is 18.8. The van der Waals surface area contributed by atoms with Crippen molar-refractivity contribution in [1.82, 2.24) is 20.5 Å². The average Bonchev–Trinajstić information content (AvgIpc) is 2.73. The molecule has 2 amide bonds. The van der Waals surface area contributed by atoms with Gasteiger partial charge in [-0.15, -0.1) is 23.4 Å². The topological polar surface area (TPSA) is 113 Å². The monoisotopic (exact) mass is 433 g/mol. The van der Waals surface area contributed by atoms with E-state index in [4.69, 9.17) is 0 Å². The van der Waals surface area contributed by atoms with E-state index in [1.807, 2.05) is 6.07 Å². The Morgan fingerprint density at radius 2 is 1.65 bits per heavy atom. The van der Waals surface area contributed by atoms with Gasteiger partial charge in [-0.2, -0.15) is 0 Å². The van der Waals surface area contributed by atoms with Crippen LogP contribution in [-0.4, -0.2) is 40.7 Å². The molecule has 162 valence electrons. The minimum Gasteiger partial charge on any atom is -0.404 e. The fourth-order valence-corrected chi connectivity index (χ4v) is 2.38. The molecule has 0 aliphatic rings. The predicted molar refractivity (Wildman–Crippen MR) is 108 cm³/mol. The summed E-state index contributed by atoms with van der Waals surface area (Å²) in [6.45, 7) is 0.500. The van der Waals surface area contributed by atoms with Crippen LogP contribution in [-0.2, 0) is 0 Å². The average molecular weight is 433 g/mol. The predicted octanol–water partition coefficient (Wildman–Crippen LogP) is 3.75. The number of alkyl halides is 3. The lowest BCUT2D eigenvalue weighted by Crippen LogP contribution is -2.33. The molecule has 0 fully saturated rings. The number of hydrogen-bond acceptors (Lipinski definition) is 7. The zero-order chi connectivity index (χ0) is 22.1. The lowest BCUT2D eigenvalue weighted by atomic mass is 10.3. The molecule has 4 N–H and O–H groups in total. The van der Waals surface area contributed by atoms with Crippen LogP contribution in [0.5, 0.6) is 5.75 Å². The number of aromatic nitrogens is 3. The summed E-state index contributed by atoms with van der Waals surface area (Å²) in [7, 11) is 0. The third kappa shape index (κ3) is 7.34. The Bertz CT molecular complexity index is 986. The lowest BCUT2D eigenvalue weighted by Gasteiger charge is -2.14. The number of carbonyl (C=O) groups is 1. The number of hydrogen-bond donors (Lipinski definition) is 4. The van der Waals surface area contributed by atoms with E-state index < -0.39 is 18.1 Å². The first-order chi connectivity index (χ1) is 14.9. The van der Waals surface area contributed by atoms with Crippen LogP contribution in [0, 0.1) is 0 Å². The molecule has 0 saturated carbocycles. The normalized spacial score (nSPS) is 10.8. The highest BCUT2D eigenvalue weighted by atomic mass is 19.4. The second-order valence-corrected chi connectivity index (χ2v) is 6.00. The number of nitrogens with zero attached hydrogens (tertiary/aromatic N) is 3. The van der Waals surface area contributed by atoms with Crippen molar-refractivity contribution >= 4 is 29.2 Å². The molecule has 1 aromatic carbocycles. The SMILES string of the molecule is O=C(NCCNc1ccc(Nc2ccccn2)nn1)Nc1ccccc1OC(F)(F)F. The highest BCUT2D eigenvalue weighted by molar-refractivity contribution is 5.90. The first-order valence-corrected chi connectivity index (χ1v) is 9.04. The van der Waals surface area contributed by atoms with E-state index in [9.17, 15) is 18.0 Å². The number of anilines is 4. The molecule has 9 nitrogen and oxygen atoms in total. The number of halogens is 3. The van der Waals surface area contributed by atoms with Crippen molar-refractivity contribution in [1.29, 1.82) is 0 Å². The van der Waals surface area contributed by atoms with Gasteiger partial charge in [-0.05, 0) is 36.4 Å². The summed E-state index contributed by atoms with van der Waals surface area (Å²) in [5.41, 5.74) is -0.104. The van der Waals surface area contributed by atoms with Gasteiger partial charge >= 0.3 is 12.4 Å². The van der Waals surface area contributed by atoms with Gasteiger partial charge in [-0.3, -0.25) is 0 Å². The fourth-order valence-electron chi connectivity index (χ4n) is 2.38. The molecule has 2 aromatic heterocycles. The number of rotatable bonds is 8. The quantitative estimate of drug-likeness (QED) is 0.400. The molecule has 0 saturated heterocycles. The summed E-state index contributed by atoms with van der Waals surface area (Å²) < 4.78 is 41.2. The van der Waals surface area contributed by atoms with Gasteiger partial charge in [-0.1, -0.05) is 18.2 Å². The summed E-state index contributed by atoms with van der Waals surface area (Å²) in [5.74, 6) is 1.13. The van der Waals surface area contributed by atoms with Crippen molar-refractivity contribution in [2.24, 2.45) is 0 Å². The smallest absolute Gasteiger partial charge is 0.404 e. The summed E-state index contributed by atoms with van der Waals surface area (Å²) in [6.07, 6.45) is -3.21. The molecule has 0 aliphatic carbocycles. The van der Waals surface area contributed by atoms with Crippen molar-refractivity contribution in [2.45, 2.75) is 6.36 Å². The van der Waals surface area contributed by atoms with E-state index in [1.54, 1.807) is 30.5 Å². The largest absolute Gasteiger partial charge is 0.573 e. The van der Waals surface area contributed by atoms with E-state index in [2.05, 4.69) is 41.2 Å².